The van der Waals surface area contributed by atoms with Crippen LogP contribution in [0.5, 0.6) is 5.75 Å². The van der Waals surface area contributed by atoms with Gasteiger partial charge < -0.3 is 21.3 Å². The zero-order valence-corrected chi connectivity index (χ0v) is 16.8. The molecular weight excluding hydrogens is 382 g/mol. The van der Waals surface area contributed by atoms with Crippen molar-refractivity contribution in [3.63, 3.8) is 0 Å². The van der Waals surface area contributed by atoms with E-state index in [-0.39, 0.29) is 17.5 Å². The summed E-state index contributed by atoms with van der Waals surface area (Å²) in [4.78, 5) is 22.6. The highest BCUT2D eigenvalue weighted by atomic mass is 16.5. The number of carboxylic acid groups (broad SMARTS) is 1. The number of nitrogens with two attached hydrogens (primary N) is 2. The second-order valence-electron chi connectivity index (χ2n) is 7.58. The maximum absolute atomic E-state index is 12.1. The van der Waals surface area contributed by atoms with E-state index in [4.69, 9.17) is 16.2 Å². The first-order valence-electron chi connectivity index (χ1n) is 9.95. The molecule has 0 aromatic heterocycles. The quantitative estimate of drug-likeness (QED) is 0.714. The van der Waals surface area contributed by atoms with Gasteiger partial charge in [0, 0.05) is 0 Å². The zero-order chi connectivity index (χ0) is 21.3. The summed E-state index contributed by atoms with van der Waals surface area (Å²) in [6, 6.07) is 12.8. The average Bonchev–Trinajstić information content (AvgIpc) is 2.73. The first-order valence-corrected chi connectivity index (χ1v) is 9.95. The second-order valence-corrected chi connectivity index (χ2v) is 7.58. The number of nitrogens with zero attached hydrogens (tertiary/aromatic N) is 3. The predicted molar refractivity (Wildman–Crippen MR) is 117 cm³/mol. The first-order chi connectivity index (χ1) is 14.4. The molecule has 30 heavy (non-hydrogen) atoms. The zero-order valence-electron chi connectivity index (χ0n) is 16.8. The van der Waals surface area contributed by atoms with Gasteiger partial charge in [0.15, 0.2) is 0 Å². The van der Waals surface area contributed by atoms with Gasteiger partial charge in [-0.15, -0.1) is 0 Å². The smallest absolute Gasteiger partial charge is 0.337 e. The number of rotatable bonds is 4. The topological polar surface area (TPSA) is 127 Å². The van der Waals surface area contributed by atoms with Gasteiger partial charge in [-0.05, 0) is 61.1 Å². The van der Waals surface area contributed by atoms with Crippen molar-refractivity contribution in [3.05, 3.63) is 48.0 Å². The van der Waals surface area contributed by atoms with Crippen molar-refractivity contribution >= 4 is 23.6 Å². The summed E-state index contributed by atoms with van der Waals surface area (Å²) in [7, 11) is 1.61. The van der Waals surface area contributed by atoms with Crippen molar-refractivity contribution in [1.82, 2.24) is 0 Å². The number of benzene rings is 2. The highest BCUT2D eigenvalue weighted by molar-refractivity contribution is 6.09. The Morgan fingerprint density at radius 3 is 2.37 bits per heavy atom. The Bertz CT molecular complexity index is 1020. The molecule has 1 aliphatic carbocycles. The standard InChI is InChI=1S/C22H25N5O3/c1-30-16-8-5-14(6-9-16)15-7-10-17(19(28)29)18(13-15)27-21(24)25-20(23)26-22(27)11-3-2-4-12-22/h5-10,13H,2-4,11-12H2,1H3,(H,28,29)(H4,23,24,25,26). The van der Waals surface area contributed by atoms with Crippen molar-refractivity contribution < 1.29 is 14.6 Å². The number of carboxylic acids is 1. The lowest BCUT2D eigenvalue weighted by atomic mass is 9.86. The molecule has 156 valence electrons. The fourth-order valence-corrected chi connectivity index (χ4v) is 4.33. The number of guanidine groups is 2. The van der Waals surface area contributed by atoms with Gasteiger partial charge in [0.05, 0.1) is 18.4 Å². The lowest BCUT2D eigenvalue weighted by Crippen LogP contribution is -2.58. The molecule has 0 amide bonds. The molecule has 5 N–H and O–H groups in total. The summed E-state index contributed by atoms with van der Waals surface area (Å²) in [5.41, 5.74) is 13.9. The Hall–Kier alpha value is -3.55. The Morgan fingerprint density at radius 1 is 1.07 bits per heavy atom. The third kappa shape index (κ3) is 3.45. The van der Waals surface area contributed by atoms with Crippen LogP contribution in [0.4, 0.5) is 5.69 Å². The number of hydrogen-bond donors (Lipinski definition) is 3. The van der Waals surface area contributed by atoms with Crippen LogP contribution in [0.15, 0.2) is 52.4 Å². The lowest BCUT2D eigenvalue weighted by molar-refractivity contribution is 0.0697. The Kier molecular flexibility index (Phi) is 5.07. The molecule has 2 aliphatic rings. The van der Waals surface area contributed by atoms with Crippen LogP contribution in [0, 0.1) is 0 Å². The molecule has 2 aromatic rings. The molecule has 0 atom stereocenters. The van der Waals surface area contributed by atoms with Gasteiger partial charge in [-0.3, -0.25) is 4.90 Å². The molecule has 1 fully saturated rings. The van der Waals surface area contributed by atoms with E-state index in [1.54, 1.807) is 24.1 Å². The van der Waals surface area contributed by atoms with Crippen molar-refractivity contribution in [2.75, 3.05) is 12.0 Å². The van der Waals surface area contributed by atoms with Crippen LogP contribution < -0.4 is 21.1 Å². The van der Waals surface area contributed by atoms with Crippen molar-refractivity contribution in [2.24, 2.45) is 21.5 Å². The van der Waals surface area contributed by atoms with Crippen molar-refractivity contribution in [1.29, 1.82) is 0 Å². The van der Waals surface area contributed by atoms with Crippen LogP contribution in [-0.2, 0) is 0 Å². The van der Waals surface area contributed by atoms with E-state index in [1.165, 1.54) is 0 Å². The van der Waals surface area contributed by atoms with Crippen LogP contribution in [0.25, 0.3) is 11.1 Å². The molecule has 8 heteroatoms. The van der Waals surface area contributed by atoms with Crippen LogP contribution in [0.1, 0.15) is 42.5 Å². The van der Waals surface area contributed by atoms with E-state index in [2.05, 4.69) is 9.98 Å². The van der Waals surface area contributed by atoms with E-state index in [0.717, 1.165) is 49.0 Å². The van der Waals surface area contributed by atoms with Crippen molar-refractivity contribution in [3.8, 4) is 16.9 Å². The largest absolute Gasteiger partial charge is 0.497 e. The van der Waals surface area contributed by atoms with Gasteiger partial charge in [-0.1, -0.05) is 24.6 Å². The number of aromatic carboxylic acids is 1. The summed E-state index contributed by atoms with van der Waals surface area (Å²) in [5, 5.41) is 9.87. The summed E-state index contributed by atoms with van der Waals surface area (Å²) >= 11 is 0. The molecular formula is C22H25N5O3. The normalized spacial score (nSPS) is 18.0. The molecule has 1 heterocycles. The number of anilines is 1. The van der Waals surface area contributed by atoms with Gasteiger partial charge in [0.25, 0.3) is 0 Å². The maximum atomic E-state index is 12.1. The molecule has 0 bridgehead atoms. The van der Waals surface area contributed by atoms with E-state index < -0.39 is 11.6 Å². The molecule has 0 unspecified atom stereocenters. The second kappa shape index (κ2) is 7.70. The van der Waals surface area contributed by atoms with Gasteiger partial charge >= 0.3 is 5.97 Å². The third-order valence-electron chi connectivity index (χ3n) is 5.74. The van der Waals surface area contributed by atoms with E-state index in [0.29, 0.717) is 5.69 Å². The molecule has 1 saturated carbocycles. The van der Waals surface area contributed by atoms with Gasteiger partial charge in [0.1, 0.15) is 11.4 Å². The van der Waals surface area contributed by atoms with Crippen molar-refractivity contribution in [2.45, 2.75) is 37.8 Å². The van der Waals surface area contributed by atoms with Crippen LogP contribution in [-0.4, -0.2) is 35.8 Å². The highest BCUT2D eigenvalue weighted by Crippen LogP contribution is 2.41. The molecule has 1 aliphatic heterocycles. The summed E-state index contributed by atoms with van der Waals surface area (Å²) in [6.07, 6.45) is 4.48. The van der Waals surface area contributed by atoms with E-state index in [1.807, 2.05) is 30.3 Å². The maximum Gasteiger partial charge on any atom is 0.337 e. The van der Waals surface area contributed by atoms with Gasteiger partial charge in [-0.2, -0.15) is 4.99 Å². The molecule has 8 nitrogen and oxygen atoms in total. The summed E-state index contributed by atoms with van der Waals surface area (Å²) in [5.74, 6) is 0.0136. The summed E-state index contributed by atoms with van der Waals surface area (Å²) < 4.78 is 5.23. The third-order valence-corrected chi connectivity index (χ3v) is 5.74. The monoisotopic (exact) mass is 407 g/mol. The van der Waals surface area contributed by atoms with Gasteiger partial charge in [0.2, 0.25) is 11.9 Å². The van der Waals surface area contributed by atoms with E-state index in [9.17, 15) is 9.90 Å². The van der Waals surface area contributed by atoms with E-state index >= 15 is 0 Å². The number of aliphatic imine (C=N–C) groups is 2. The van der Waals surface area contributed by atoms with Gasteiger partial charge in [-0.25, -0.2) is 9.79 Å². The summed E-state index contributed by atoms with van der Waals surface area (Å²) in [6.45, 7) is 0. The minimum Gasteiger partial charge on any atom is -0.497 e. The molecule has 0 saturated heterocycles. The molecule has 2 aromatic carbocycles. The average molecular weight is 407 g/mol. The van der Waals surface area contributed by atoms with Crippen LogP contribution >= 0.6 is 0 Å². The fraction of sp³-hybridized carbons (Fsp3) is 0.318. The molecule has 1 spiro atoms. The van der Waals surface area contributed by atoms with Crippen LogP contribution in [0.3, 0.4) is 0 Å². The number of hydrogen-bond acceptors (Lipinski definition) is 7. The molecule has 0 radical (unpaired) electrons. The number of ether oxygens (including phenoxy) is 1. The Morgan fingerprint density at radius 2 is 1.73 bits per heavy atom. The Labute approximate surface area is 174 Å². The number of methoxy groups -OCH3 is 1. The number of carbonyl (C=O) groups is 1. The predicted octanol–water partition coefficient (Wildman–Crippen LogP) is 3.17. The lowest BCUT2D eigenvalue weighted by Gasteiger charge is -2.46. The Balaban J connectivity index is 1.86. The molecule has 4 rings (SSSR count). The minimum absolute atomic E-state index is 0.133. The van der Waals surface area contributed by atoms with Crippen LogP contribution in [0.2, 0.25) is 0 Å². The minimum atomic E-state index is -1.03. The fourth-order valence-electron chi connectivity index (χ4n) is 4.33. The SMILES string of the molecule is COc1ccc(-c2ccc(C(=O)O)c(N3C(N)=NC(N)=NC34CCCCC4)c2)cc1. The highest BCUT2D eigenvalue weighted by Gasteiger charge is 2.43. The first kappa shape index (κ1) is 19.8.